The zero-order valence-corrected chi connectivity index (χ0v) is 9.99. The van der Waals surface area contributed by atoms with Crippen LogP contribution in [0.3, 0.4) is 0 Å². The molecule has 0 saturated carbocycles. The van der Waals surface area contributed by atoms with Crippen LogP contribution in [0.2, 0.25) is 0 Å². The lowest BCUT2D eigenvalue weighted by atomic mass is 10.1. The number of ether oxygens (including phenoxy) is 2. The van der Waals surface area contributed by atoms with Crippen molar-refractivity contribution in [2.24, 2.45) is 4.99 Å². The standard InChI is InChI=1S/C13H17NO2/c1-4-13-14-11(8-16-13)10-5-6-12(15-3)9(2)7-10/h5-7,11H,4,8H2,1-3H3. The predicted octanol–water partition coefficient (Wildman–Crippen LogP) is 2.88. The molecule has 3 heteroatoms. The van der Waals surface area contributed by atoms with Crippen LogP contribution in [-0.4, -0.2) is 19.6 Å². The molecule has 16 heavy (non-hydrogen) atoms. The Morgan fingerprint density at radius 2 is 2.31 bits per heavy atom. The van der Waals surface area contributed by atoms with Crippen LogP contribution in [0.4, 0.5) is 0 Å². The first kappa shape index (κ1) is 11.0. The average Bonchev–Trinajstić information content (AvgIpc) is 2.77. The normalized spacial score (nSPS) is 19.2. The number of methoxy groups -OCH3 is 1. The molecule has 1 aromatic rings. The van der Waals surface area contributed by atoms with Gasteiger partial charge < -0.3 is 9.47 Å². The lowest BCUT2D eigenvalue weighted by Gasteiger charge is -2.09. The van der Waals surface area contributed by atoms with E-state index in [2.05, 4.69) is 24.0 Å². The fourth-order valence-corrected chi connectivity index (χ4v) is 1.90. The Bertz CT molecular complexity index is 412. The molecule has 0 bridgehead atoms. The van der Waals surface area contributed by atoms with E-state index < -0.39 is 0 Å². The van der Waals surface area contributed by atoms with E-state index in [0.717, 1.165) is 23.6 Å². The van der Waals surface area contributed by atoms with Crippen LogP contribution in [0.25, 0.3) is 0 Å². The van der Waals surface area contributed by atoms with Gasteiger partial charge in [0.25, 0.3) is 0 Å². The molecule has 2 rings (SSSR count). The van der Waals surface area contributed by atoms with Gasteiger partial charge in [0, 0.05) is 6.42 Å². The summed E-state index contributed by atoms with van der Waals surface area (Å²) < 4.78 is 10.7. The molecule has 0 aromatic heterocycles. The zero-order valence-electron chi connectivity index (χ0n) is 9.99. The zero-order chi connectivity index (χ0) is 11.5. The minimum Gasteiger partial charge on any atom is -0.496 e. The molecule has 0 saturated heterocycles. The average molecular weight is 219 g/mol. The van der Waals surface area contributed by atoms with Gasteiger partial charge in [0.15, 0.2) is 5.90 Å². The number of nitrogens with zero attached hydrogens (tertiary/aromatic N) is 1. The molecule has 1 heterocycles. The molecule has 86 valence electrons. The van der Waals surface area contributed by atoms with Crippen LogP contribution in [0.1, 0.15) is 30.5 Å². The molecule has 0 amide bonds. The van der Waals surface area contributed by atoms with Gasteiger partial charge in [-0.25, -0.2) is 4.99 Å². The summed E-state index contributed by atoms with van der Waals surface area (Å²) in [4.78, 5) is 4.53. The Labute approximate surface area is 96.1 Å². The summed E-state index contributed by atoms with van der Waals surface area (Å²) in [5, 5.41) is 0. The van der Waals surface area contributed by atoms with Gasteiger partial charge in [0.1, 0.15) is 18.4 Å². The molecule has 1 atom stereocenters. The Morgan fingerprint density at radius 1 is 1.50 bits per heavy atom. The SMILES string of the molecule is CCC1=NC(c2ccc(OC)c(C)c2)CO1. The van der Waals surface area contributed by atoms with Gasteiger partial charge in [-0.2, -0.15) is 0 Å². The molecule has 1 aliphatic heterocycles. The summed E-state index contributed by atoms with van der Waals surface area (Å²) in [5.74, 6) is 1.78. The molecule has 0 aliphatic carbocycles. The van der Waals surface area contributed by atoms with E-state index in [0.29, 0.717) is 6.61 Å². The van der Waals surface area contributed by atoms with E-state index in [4.69, 9.17) is 9.47 Å². The lowest BCUT2D eigenvalue weighted by molar-refractivity contribution is 0.312. The first-order valence-corrected chi connectivity index (χ1v) is 5.58. The minimum atomic E-state index is 0.152. The first-order chi connectivity index (χ1) is 7.74. The molecular weight excluding hydrogens is 202 g/mol. The highest BCUT2D eigenvalue weighted by molar-refractivity contribution is 5.77. The summed E-state index contributed by atoms with van der Waals surface area (Å²) >= 11 is 0. The van der Waals surface area contributed by atoms with Crippen molar-refractivity contribution in [2.45, 2.75) is 26.3 Å². The fourth-order valence-electron chi connectivity index (χ4n) is 1.90. The molecule has 1 aliphatic rings. The Morgan fingerprint density at radius 3 is 2.88 bits per heavy atom. The predicted molar refractivity (Wildman–Crippen MR) is 64.2 cm³/mol. The second-order valence-corrected chi connectivity index (χ2v) is 3.93. The third-order valence-electron chi connectivity index (χ3n) is 2.81. The van der Waals surface area contributed by atoms with Crippen LogP contribution in [0, 0.1) is 6.92 Å². The third-order valence-corrected chi connectivity index (χ3v) is 2.81. The first-order valence-electron chi connectivity index (χ1n) is 5.58. The summed E-state index contributed by atoms with van der Waals surface area (Å²) in [5.41, 5.74) is 2.34. The Balaban J connectivity index is 2.22. The van der Waals surface area contributed by atoms with Crippen molar-refractivity contribution in [3.05, 3.63) is 29.3 Å². The van der Waals surface area contributed by atoms with Crippen molar-refractivity contribution in [3.63, 3.8) is 0 Å². The molecular formula is C13H17NO2. The largest absolute Gasteiger partial charge is 0.496 e. The Hall–Kier alpha value is -1.51. The molecule has 1 unspecified atom stereocenters. The maximum atomic E-state index is 5.48. The van der Waals surface area contributed by atoms with Crippen molar-refractivity contribution >= 4 is 5.90 Å². The molecule has 0 fully saturated rings. The maximum Gasteiger partial charge on any atom is 0.183 e. The summed E-state index contributed by atoms with van der Waals surface area (Å²) in [6, 6.07) is 6.32. The number of rotatable bonds is 3. The van der Waals surface area contributed by atoms with Gasteiger partial charge in [-0.1, -0.05) is 19.1 Å². The number of aliphatic imine (C=N–C) groups is 1. The lowest BCUT2D eigenvalue weighted by Crippen LogP contribution is -1.99. The number of hydrogen-bond acceptors (Lipinski definition) is 3. The van der Waals surface area contributed by atoms with E-state index >= 15 is 0 Å². The third kappa shape index (κ3) is 2.03. The highest BCUT2D eigenvalue weighted by Gasteiger charge is 2.19. The van der Waals surface area contributed by atoms with Gasteiger partial charge >= 0.3 is 0 Å². The van der Waals surface area contributed by atoms with Crippen LogP contribution < -0.4 is 4.74 Å². The second-order valence-electron chi connectivity index (χ2n) is 3.93. The van der Waals surface area contributed by atoms with Crippen molar-refractivity contribution in [1.29, 1.82) is 0 Å². The highest BCUT2D eigenvalue weighted by atomic mass is 16.5. The summed E-state index contributed by atoms with van der Waals surface area (Å²) in [6.45, 7) is 4.76. The van der Waals surface area contributed by atoms with Crippen LogP contribution in [0.15, 0.2) is 23.2 Å². The molecule has 0 spiro atoms. The van der Waals surface area contributed by atoms with Crippen molar-refractivity contribution in [1.82, 2.24) is 0 Å². The number of hydrogen-bond donors (Lipinski definition) is 0. The highest BCUT2D eigenvalue weighted by Crippen LogP contribution is 2.27. The summed E-state index contributed by atoms with van der Waals surface area (Å²) in [7, 11) is 1.69. The van der Waals surface area contributed by atoms with Gasteiger partial charge in [-0.15, -0.1) is 0 Å². The Kier molecular flexibility index (Phi) is 3.13. The fraction of sp³-hybridized carbons (Fsp3) is 0.462. The molecule has 0 N–H and O–H groups in total. The van der Waals surface area contributed by atoms with Gasteiger partial charge in [-0.05, 0) is 24.1 Å². The van der Waals surface area contributed by atoms with Crippen LogP contribution >= 0.6 is 0 Å². The maximum absolute atomic E-state index is 5.48. The topological polar surface area (TPSA) is 30.8 Å². The van der Waals surface area contributed by atoms with Crippen LogP contribution in [-0.2, 0) is 4.74 Å². The second kappa shape index (κ2) is 4.56. The van der Waals surface area contributed by atoms with Crippen molar-refractivity contribution in [3.8, 4) is 5.75 Å². The van der Waals surface area contributed by atoms with Gasteiger partial charge in [-0.3, -0.25) is 0 Å². The minimum absolute atomic E-state index is 0.152. The van der Waals surface area contributed by atoms with Gasteiger partial charge in [0.05, 0.1) is 7.11 Å². The van der Waals surface area contributed by atoms with E-state index in [1.165, 1.54) is 5.56 Å². The number of benzene rings is 1. The summed E-state index contributed by atoms with van der Waals surface area (Å²) in [6.07, 6.45) is 0.867. The van der Waals surface area contributed by atoms with Crippen LogP contribution in [0.5, 0.6) is 5.75 Å². The quantitative estimate of drug-likeness (QED) is 0.782. The smallest absolute Gasteiger partial charge is 0.183 e. The molecule has 1 aromatic carbocycles. The van der Waals surface area contributed by atoms with Crippen molar-refractivity contribution < 1.29 is 9.47 Å². The van der Waals surface area contributed by atoms with Crippen molar-refractivity contribution in [2.75, 3.05) is 13.7 Å². The van der Waals surface area contributed by atoms with E-state index in [1.807, 2.05) is 13.0 Å². The monoisotopic (exact) mass is 219 g/mol. The molecule has 3 nitrogen and oxygen atoms in total. The van der Waals surface area contributed by atoms with E-state index in [1.54, 1.807) is 7.11 Å². The van der Waals surface area contributed by atoms with E-state index in [9.17, 15) is 0 Å². The van der Waals surface area contributed by atoms with Gasteiger partial charge in [0.2, 0.25) is 0 Å². The number of aryl methyl sites for hydroxylation is 1. The molecule has 0 radical (unpaired) electrons. The van der Waals surface area contributed by atoms with E-state index in [-0.39, 0.29) is 6.04 Å².